The van der Waals surface area contributed by atoms with Gasteiger partial charge in [0.1, 0.15) is 34.4 Å². The number of ketones is 1. The molecule has 1 amide bonds. The Kier molecular flexibility index (Phi) is 6.72. The van der Waals surface area contributed by atoms with Gasteiger partial charge in [0.25, 0.3) is 11.5 Å². The van der Waals surface area contributed by atoms with Crippen molar-refractivity contribution in [3.05, 3.63) is 112 Å². The summed E-state index contributed by atoms with van der Waals surface area (Å²) in [6.07, 6.45) is 4.39. The van der Waals surface area contributed by atoms with E-state index < -0.39 is 17.3 Å². The number of pyridine rings is 3. The van der Waals surface area contributed by atoms with Gasteiger partial charge in [-0.25, -0.2) is 9.37 Å². The molecule has 10 heteroatoms. The number of aromatic nitrogens is 3. The zero-order valence-corrected chi connectivity index (χ0v) is 21.9. The monoisotopic (exact) mass is 550 g/mol. The van der Waals surface area contributed by atoms with E-state index >= 15 is 0 Å². The van der Waals surface area contributed by atoms with Crippen LogP contribution in [-0.4, -0.2) is 33.3 Å². The van der Waals surface area contributed by atoms with Crippen molar-refractivity contribution >= 4 is 28.4 Å². The lowest BCUT2D eigenvalue weighted by atomic mass is 9.92. The van der Waals surface area contributed by atoms with Gasteiger partial charge in [0, 0.05) is 35.3 Å². The van der Waals surface area contributed by atoms with E-state index in [-0.39, 0.29) is 28.4 Å². The van der Waals surface area contributed by atoms with Gasteiger partial charge in [-0.05, 0) is 67.4 Å². The lowest BCUT2D eigenvalue weighted by Crippen LogP contribution is -2.33. The van der Waals surface area contributed by atoms with Crippen LogP contribution in [0.15, 0.2) is 83.9 Å². The second kappa shape index (κ2) is 10.6. The van der Waals surface area contributed by atoms with Crippen LogP contribution in [0, 0.1) is 5.82 Å². The van der Waals surface area contributed by atoms with Crippen molar-refractivity contribution in [3.63, 3.8) is 0 Å². The van der Waals surface area contributed by atoms with E-state index in [1.54, 1.807) is 37.6 Å². The minimum absolute atomic E-state index is 0.174. The molecule has 0 bridgehead atoms. The lowest BCUT2D eigenvalue weighted by Gasteiger charge is -2.21. The summed E-state index contributed by atoms with van der Waals surface area (Å²) in [5, 5.41) is 3.40. The van der Waals surface area contributed by atoms with Crippen LogP contribution in [0.3, 0.4) is 0 Å². The molecule has 2 aromatic carbocycles. The number of nitrogens with zero attached hydrogens (tertiary/aromatic N) is 3. The first-order chi connectivity index (χ1) is 19.9. The average Bonchev–Trinajstić information content (AvgIpc) is 2.98. The number of hydrogen-bond donors (Lipinski definition) is 1. The Labute approximate surface area is 233 Å². The van der Waals surface area contributed by atoms with E-state index in [0.717, 1.165) is 5.39 Å². The molecule has 6 rings (SSSR count). The topological polar surface area (TPSA) is 112 Å². The molecule has 1 aliphatic rings. The molecule has 0 unspecified atom stereocenters. The van der Waals surface area contributed by atoms with E-state index in [1.165, 1.54) is 41.1 Å². The smallest absolute Gasteiger partial charge is 0.268 e. The zero-order chi connectivity index (χ0) is 28.5. The largest absolute Gasteiger partial charge is 0.497 e. The Bertz CT molecular complexity index is 1890. The maximum Gasteiger partial charge on any atom is 0.268 e. The van der Waals surface area contributed by atoms with E-state index in [4.69, 9.17) is 9.47 Å². The van der Waals surface area contributed by atoms with E-state index in [2.05, 4.69) is 15.3 Å². The van der Waals surface area contributed by atoms with Crippen LogP contribution in [0.1, 0.15) is 39.3 Å². The van der Waals surface area contributed by atoms with Gasteiger partial charge in [-0.1, -0.05) is 6.07 Å². The summed E-state index contributed by atoms with van der Waals surface area (Å²) in [5.74, 6) is 0.379. The summed E-state index contributed by atoms with van der Waals surface area (Å²) in [6, 6.07) is 17.2. The van der Waals surface area contributed by atoms with Gasteiger partial charge in [0.05, 0.1) is 24.5 Å². The number of amides is 1. The van der Waals surface area contributed by atoms with Crippen LogP contribution in [0.2, 0.25) is 0 Å². The van der Waals surface area contributed by atoms with Crippen molar-refractivity contribution in [2.24, 2.45) is 0 Å². The fourth-order valence-corrected chi connectivity index (χ4v) is 4.89. The maximum absolute atomic E-state index is 14.0. The van der Waals surface area contributed by atoms with Crippen LogP contribution < -0.4 is 20.3 Å². The van der Waals surface area contributed by atoms with Gasteiger partial charge in [-0.15, -0.1) is 0 Å². The Morgan fingerprint density at radius 3 is 2.61 bits per heavy atom. The first kappa shape index (κ1) is 25.9. The van der Waals surface area contributed by atoms with Crippen molar-refractivity contribution in [3.8, 4) is 22.9 Å². The molecule has 5 aromatic rings. The standard InChI is InChI=1S/C31H23FN4O5/c1-40-20-8-10-22-25(15-20)33-13-12-28(22)41-21-9-11-29(34-17-21)35-30(38)24-16-23-26(6-3-7-27(23)37)36(31(24)39)19-5-2-4-18(32)14-19/h2,4-5,8-17H,3,6-7H2,1H3,(H,34,35,38). The number of fused-ring (bicyclic) bond motifs is 2. The molecule has 0 saturated heterocycles. The third-order valence-corrected chi connectivity index (χ3v) is 6.85. The Morgan fingerprint density at radius 2 is 1.83 bits per heavy atom. The predicted octanol–water partition coefficient (Wildman–Crippen LogP) is 5.49. The normalized spacial score (nSPS) is 12.6. The van der Waals surface area contributed by atoms with Gasteiger partial charge in [0.2, 0.25) is 0 Å². The minimum atomic E-state index is -0.739. The zero-order valence-electron chi connectivity index (χ0n) is 21.9. The molecule has 1 N–H and O–H groups in total. The summed E-state index contributed by atoms with van der Waals surface area (Å²) in [7, 11) is 1.58. The van der Waals surface area contributed by atoms with Crippen LogP contribution >= 0.6 is 0 Å². The van der Waals surface area contributed by atoms with Crippen LogP contribution in [0.5, 0.6) is 17.2 Å². The van der Waals surface area contributed by atoms with Crippen molar-refractivity contribution in [2.45, 2.75) is 19.3 Å². The second-order valence-electron chi connectivity index (χ2n) is 9.44. The van der Waals surface area contributed by atoms with Crippen molar-refractivity contribution < 1.29 is 23.5 Å². The van der Waals surface area contributed by atoms with Gasteiger partial charge in [-0.2, -0.15) is 0 Å². The Balaban J connectivity index is 1.28. The molecule has 0 radical (unpaired) electrons. The Morgan fingerprint density at radius 1 is 0.976 bits per heavy atom. The lowest BCUT2D eigenvalue weighted by molar-refractivity contribution is 0.0971. The van der Waals surface area contributed by atoms with Gasteiger partial charge < -0.3 is 14.8 Å². The van der Waals surface area contributed by atoms with Gasteiger partial charge >= 0.3 is 0 Å². The highest BCUT2D eigenvalue weighted by atomic mass is 19.1. The third-order valence-electron chi connectivity index (χ3n) is 6.85. The summed E-state index contributed by atoms with van der Waals surface area (Å²) in [5.41, 5.74) is 0.800. The summed E-state index contributed by atoms with van der Waals surface area (Å²) in [6.45, 7) is 0. The number of anilines is 1. The molecule has 0 spiro atoms. The first-order valence-corrected chi connectivity index (χ1v) is 12.9. The summed E-state index contributed by atoms with van der Waals surface area (Å²) >= 11 is 0. The van der Waals surface area contributed by atoms with Gasteiger partial charge in [0.15, 0.2) is 5.78 Å². The Hall–Kier alpha value is -5.38. The number of halogens is 1. The van der Waals surface area contributed by atoms with Crippen LogP contribution in [-0.2, 0) is 6.42 Å². The number of methoxy groups -OCH3 is 1. The molecule has 0 atom stereocenters. The molecule has 1 aliphatic carbocycles. The van der Waals surface area contributed by atoms with Crippen molar-refractivity contribution in [1.82, 2.24) is 14.5 Å². The number of rotatable bonds is 6. The highest BCUT2D eigenvalue weighted by molar-refractivity contribution is 6.06. The molecule has 3 aromatic heterocycles. The number of carbonyl (C=O) groups excluding carboxylic acids is 2. The quantitative estimate of drug-likeness (QED) is 0.297. The number of ether oxygens (including phenoxy) is 2. The summed E-state index contributed by atoms with van der Waals surface area (Å²) in [4.78, 5) is 48.1. The molecule has 204 valence electrons. The number of Topliss-reactive ketones (excluding diaryl/α,β-unsaturated/α-hetero) is 1. The fourth-order valence-electron chi connectivity index (χ4n) is 4.89. The fraction of sp³-hybridized carbons (Fsp3) is 0.129. The number of hydrogen-bond acceptors (Lipinski definition) is 7. The highest BCUT2D eigenvalue weighted by Gasteiger charge is 2.26. The molecule has 3 heterocycles. The maximum atomic E-state index is 14.0. The first-order valence-electron chi connectivity index (χ1n) is 12.9. The third kappa shape index (κ3) is 5.03. The van der Waals surface area contributed by atoms with Crippen LogP contribution in [0.4, 0.5) is 10.2 Å². The number of benzene rings is 2. The van der Waals surface area contributed by atoms with Crippen molar-refractivity contribution in [1.29, 1.82) is 0 Å². The van der Waals surface area contributed by atoms with E-state index in [0.29, 0.717) is 47.7 Å². The van der Waals surface area contributed by atoms with Crippen LogP contribution in [0.25, 0.3) is 16.6 Å². The number of carbonyl (C=O) groups is 2. The molecular weight excluding hydrogens is 527 g/mol. The van der Waals surface area contributed by atoms with Gasteiger partial charge in [-0.3, -0.25) is 23.9 Å². The number of nitrogens with one attached hydrogen (secondary N) is 1. The summed E-state index contributed by atoms with van der Waals surface area (Å²) < 4.78 is 26.5. The van der Waals surface area contributed by atoms with E-state index in [9.17, 15) is 18.8 Å². The molecular formula is C31H23FN4O5. The molecule has 0 saturated carbocycles. The highest BCUT2D eigenvalue weighted by Crippen LogP contribution is 2.31. The molecule has 41 heavy (non-hydrogen) atoms. The average molecular weight is 551 g/mol. The minimum Gasteiger partial charge on any atom is -0.497 e. The van der Waals surface area contributed by atoms with Crippen molar-refractivity contribution in [2.75, 3.05) is 12.4 Å². The molecule has 0 aliphatic heterocycles. The molecule has 0 fully saturated rings. The molecule has 9 nitrogen and oxygen atoms in total. The predicted molar refractivity (Wildman–Crippen MR) is 150 cm³/mol. The second-order valence-corrected chi connectivity index (χ2v) is 9.44. The van der Waals surface area contributed by atoms with E-state index in [1.807, 2.05) is 12.1 Å². The SMILES string of the molecule is COc1ccc2c(Oc3ccc(NC(=O)c4cc5c(n(-c6cccc(F)c6)c4=O)CCCC5=O)nc3)ccnc2c1.